The minimum absolute atomic E-state index is 0.0183. The van der Waals surface area contributed by atoms with Crippen molar-refractivity contribution in [3.05, 3.63) is 144 Å². The summed E-state index contributed by atoms with van der Waals surface area (Å²) in [5, 5.41) is 36.1. The number of rotatable bonds is 42. The maximum absolute atomic E-state index is 15.2. The molecule has 0 aliphatic carbocycles. The molecule has 104 heavy (non-hydrogen) atoms. The molecule has 3 fully saturated rings. The lowest BCUT2D eigenvalue weighted by atomic mass is 9.88. The first kappa shape index (κ1) is 83.0. The maximum atomic E-state index is 15.2. The van der Waals surface area contributed by atoms with E-state index in [1.54, 1.807) is 31.2 Å². The fraction of sp³-hybridized carbons (Fsp3) is 0.575. The number of morpholine rings is 2. The molecule has 9 N–H and O–H groups in total. The topological polar surface area (TPSA) is 321 Å². The molecule has 3 heterocycles. The summed E-state index contributed by atoms with van der Waals surface area (Å²) < 4.78 is 16.6. The minimum atomic E-state index is -2.20. The van der Waals surface area contributed by atoms with Crippen LogP contribution in [0.5, 0.6) is 0 Å². The molecule has 3 aliphatic rings. The van der Waals surface area contributed by atoms with Crippen molar-refractivity contribution in [2.75, 3.05) is 78.8 Å². The van der Waals surface area contributed by atoms with Gasteiger partial charge in [0, 0.05) is 25.9 Å². The van der Waals surface area contributed by atoms with E-state index in [0.29, 0.717) is 51.1 Å². The van der Waals surface area contributed by atoms with E-state index in [1.807, 2.05) is 157 Å². The van der Waals surface area contributed by atoms with E-state index in [4.69, 9.17) is 14.2 Å². The Balaban J connectivity index is 1.08. The van der Waals surface area contributed by atoms with Gasteiger partial charge in [0.05, 0.1) is 51.7 Å². The standard InChI is InChI=1S/C80H114N10O14/c1-53(2)43-63(83-77(99)67(47-59-27-19-13-20-28-59)87-75(97)65(45-55(5)6)85-73(95)61(33-31-57-23-15-11-16-24-57)81-69(91)49-89-35-39-102-40-36-89)71(93)79(9,101)51-90(37-41-103-42-38-90)50-70(92)82-62(34-32-58-25-17-12-18-26-58)74(96)86-66(46-56(7)8)76(98)88-68(48-60-29-21-14-22-30-60)78(100)84-64(44-54(3)4)72(94)80(10)52-104-80/h11-30,53-56,61-68,101H,31-52H2,1-10H3,(H7-,81,82,83,84,85,86,87,88,91,92,95,96,97,98,99,100)/p+1/t61-,62-,63-,64-,65-,66-,67-,68-,79?,80+/m0/s1. The fourth-order valence-corrected chi connectivity index (χ4v) is 13.6. The predicted octanol–water partition coefficient (Wildman–Crippen LogP) is 4.66. The largest absolute Gasteiger partial charge is 0.379 e. The van der Waals surface area contributed by atoms with Crippen LogP contribution in [0.3, 0.4) is 0 Å². The summed E-state index contributed by atoms with van der Waals surface area (Å²) in [5.41, 5.74) is 0.0463. The normalized spacial score (nSPS) is 18.8. The summed E-state index contributed by atoms with van der Waals surface area (Å²) in [6, 6.07) is 27.9. The zero-order valence-corrected chi connectivity index (χ0v) is 62.7. The second kappa shape index (κ2) is 40.3. The Kier molecular flexibility index (Phi) is 32.2. The van der Waals surface area contributed by atoms with Gasteiger partial charge in [-0.05, 0) is 111 Å². The Morgan fingerprint density at radius 2 is 0.788 bits per heavy atom. The van der Waals surface area contributed by atoms with Crippen LogP contribution in [0.15, 0.2) is 121 Å². The minimum Gasteiger partial charge on any atom is -0.379 e. The number of Topliss-reactive ketones (excluding diaryl/α,β-unsaturated/α-hetero) is 2. The van der Waals surface area contributed by atoms with Crippen LogP contribution >= 0.6 is 0 Å². The molecule has 4 aromatic rings. The van der Waals surface area contributed by atoms with Gasteiger partial charge in [-0.25, -0.2) is 0 Å². The SMILES string of the molecule is CC(C)C[C@H](NC(=O)[C@H](CCc1ccccc1)NC(=O)CN1CCOCC1)C(=O)N[C@@H](Cc1ccccc1)C(=O)N[C@@H](CC(C)C)C(=O)C(C)(O)C[N+]1(CC(=O)N[C@@H](CCc2ccccc2)C(=O)N[C@@H](CC(C)C)C(=O)N[C@@H](Cc2ccccc2)C(=O)N[C@@H](CC(C)C)C(=O)[C@@]2(C)CO2)CCOCC1. The molecule has 7 rings (SSSR count). The third kappa shape index (κ3) is 27.3. The van der Waals surface area contributed by atoms with E-state index in [1.165, 1.54) is 6.92 Å². The van der Waals surface area contributed by atoms with E-state index >= 15 is 9.59 Å². The fourth-order valence-electron chi connectivity index (χ4n) is 13.6. The summed E-state index contributed by atoms with van der Waals surface area (Å²) in [7, 11) is 0. The molecule has 10 atom stereocenters. The molecule has 4 aromatic carbocycles. The summed E-state index contributed by atoms with van der Waals surface area (Å²) in [6.45, 7) is 20.7. The van der Waals surface area contributed by atoms with Crippen LogP contribution in [0.25, 0.3) is 0 Å². The van der Waals surface area contributed by atoms with E-state index in [9.17, 15) is 43.5 Å². The molecular weight excluding hydrogens is 1320 g/mol. The Labute approximate surface area is 614 Å². The van der Waals surface area contributed by atoms with Gasteiger partial charge in [0.1, 0.15) is 61.5 Å². The molecule has 0 aromatic heterocycles. The molecule has 24 nitrogen and oxygen atoms in total. The predicted molar refractivity (Wildman–Crippen MR) is 396 cm³/mol. The lowest BCUT2D eigenvalue weighted by molar-refractivity contribution is -0.932. The molecule has 1 unspecified atom stereocenters. The van der Waals surface area contributed by atoms with Crippen LogP contribution in [-0.2, 0) is 87.8 Å². The van der Waals surface area contributed by atoms with Crippen LogP contribution < -0.4 is 42.5 Å². The van der Waals surface area contributed by atoms with Crippen molar-refractivity contribution in [2.45, 2.75) is 193 Å². The Morgan fingerprint density at radius 3 is 1.20 bits per heavy atom. The maximum Gasteiger partial charge on any atom is 0.275 e. The number of benzene rings is 4. The molecular formula is C80H115N10O14+. The van der Waals surface area contributed by atoms with E-state index in [-0.39, 0.29) is 137 Å². The number of hydrogen-bond acceptors (Lipinski definition) is 15. The van der Waals surface area contributed by atoms with Crippen molar-refractivity contribution in [1.29, 1.82) is 0 Å². The van der Waals surface area contributed by atoms with E-state index < -0.39 is 107 Å². The average molecular weight is 1440 g/mol. The van der Waals surface area contributed by atoms with Gasteiger partial charge in [-0.1, -0.05) is 177 Å². The smallest absolute Gasteiger partial charge is 0.275 e. The summed E-state index contributed by atoms with van der Waals surface area (Å²) >= 11 is 0. The first-order valence-electron chi connectivity index (χ1n) is 37.2. The lowest BCUT2D eigenvalue weighted by Gasteiger charge is -2.44. The molecule has 0 spiro atoms. The van der Waals surface area contributed by atoms with Gasteiger partial charge >= 0.3 is 0 Å². The zero-order chi connectivity index (χ0) is 75.6. The highest BCUT2D eigenvalue weighted by Crippen LogP contribution is 2.30. The Bertz CT molecular complexity index is 3430. The third-order valence-electron chi connectivity index (χ3n) is 19.3. The number of ketones is 2. The number of carbonyl (C=O) groups is 10. The average Bonchev–Trinajstić information content (AvgIpc) is 1.47. The first-order chi connectivity index (χ1) is 49.5. The van der Waals surface area contributed by atoms with Gasteiger partial charge in [-0.15, -0.1) is 0 Å². The van der Waals surface area contributed by atoms with Gasteiger partial charge < -0.3 is 66.3 Å². The first-order valence-corrected chi connectivity index (χ1v) is 37.2. The quantitative estimate of drug-likeness (QED) is 0.0215. The molecule has 568 valence electrons. The van der Waals surface area contributed by atoms with E-state index in [0.717, 1.165) is 16.7 Å². The van der Waals surface area contributed by atoms with Crippen LogP contribution in [-0.4, -0.2) is 212 Å². The van der Waals surface area contributed by atoms with Gasteiger partial charge in [-0.3, -0.25) is 52.8 Å². The number of nitrogens with zero attached hydrogens (tertiary/aromatic N) is 2. The summed E-state index contributed by atoms with van der Waals surface area (Å²) in [6.07, 6.45) is 1.93. The van der Waals surface area contributed by atoms with Crippen molar-refractivity contribution in [1.82, 2.24) is 47.4 Å². The van der Waals surface area contributed by atoms with Crippen molar-refractivity contribution < 1.29 is 71.7 Å². The number of hydrogen-bond donors (Lipinski definition) is 9. The number of aliphatic hydroxyl groups is 1. The second-order valence-electron chi connectivity index (χ2n) is 30.7. The molecule has 24 heteroatoms. The molecule has 8 amide bonds. The van der Waals surface area contributed by atoms with Crippen LogP contribution in [0.4, 0.5) is 0 Å². The van der Waals surface area contributed by atoms with Crippen LogP contribution in [0, 0.1) is 23.7 Å². The van der Waals surface area contributed by atoms with Crippen molar-refractivity contribution >= 4 is 58.8 Å². The van der Waals surface area contributed by atoms with Gasteiger partial charge in [0.25, 0.3) is 5.91 Å². The zero-order valence-electron chi connectivity index (χ0n) is 62.7. The van der Waals surface area contributed by atoms with Crippen LogP contribution in [0.1, 0.15) is 130 Å². The summed E-state index contributed by atoms with van der Waals surface area (Å²) in [5.74, 6) is -6.19. The summed E-state index contributed by atoms with van der Waals surface area (Å²) in [4.78, 5) is 148. The number of nitrogens with one attached hydrogen (secondary N) is 8. The third-order valence-corrected chi connectivity index (χ3v) is 19.3. The highest BCUT2D eigenvalue weighted by Gasteiger charge is 2.51. The van der Waals surface area contributed by atoms with Gasteiger partial charge in [0.2, 0.25) is 41.4 Å². The Hall–Kier alpha value is -8.26. The number of aryl methyl sites for hydroxylation is 2. The Morgan fingerprint density at radius 1 is 0.452 bits per heavy atom. The highest BCUT2D eigenvalue weighted by atomic mass is 16.6. The monoisotopic (exact) mass is 1440 g/mol. The van der Waals surface area contributed by atoms with Crippen molar-refractivity contribution in [3.8, 4) is 0 Å². The number of amides is 8. The van der Waals surface area contributed by atoms with Gasteiger partial charge in [-0.2, -0.15) is 0 Å². The van der Waals surface area contributed by atoms with Crippen molar-refractivity contribution in [2.24, 2.45) is 23.7 Å². The number of quaternary nitrogens is 1. The molecule has 0 bridgehead atoms. The molecule has 3 aliphatic heterocycles. The van der Waals surface area contributed by atoms with Crippen molar-refractivity contribution in [3.63, 3.8) is 0 Å². The number of epoxide rings is 1. The molecule has 0 radical (unpaired) electrons. The molecule has 0 saturated carbocycles. The van der Waals surface area contributed by atoms with Gasteiger partial charge in [0.15, 0.2) is 23.7 Å². The lowest BCUT2D eigenvalue weighted by Crippen LogP contribution is -2.67. The molecule has 3 saturated heterocycles. The van der Waals surface area contributed by atoms with E-state index in [2.05, 4.69) is 42.5 Å². The number of ether oxygens (including phenoxy) is 3. The highest BCUT2D eigenvalue weighted by molar-refractivity contribution is 6.00. The second-order valence-corrected chi connectivity index (χ2v) is 30.7. The van der Waals surface area contributed by atoms with Crippen LogP contribution in [0.2, 0.25) is 0 Å². The number of carbonyl (C=O) groups excluding carboxylic acids is 10.